The van der Waals surface area contributed by atoms with Crippen LogP contribution in [-0.2, 0) is 24.4 Å². The molecule has 0 saturated heterocycles. The third-order valence-electron chi connectivity index (χ3n) is 4.33. The smallest absolute Gasteiger partial charge is 0.329 e. The number of H-pyrrole nitrogens is 1. The molecule has 0 spiro atoms. The molecular weight excluding hydrogens is 360 g/mol. The van der Waals surface area contributed by atoms with Gasteiger partial charge >= 0.3 is 5.69 Å². The van der Waals surface area contributed by atoms with Crippen LogP contribution in [0.25, 0.3) is 11.0 Å². The van der Waals surface area contributed by atoms with Gasteiger partial charge in [-0.2, -0.15) is 0 Å². The van der Waals surface area contributed by atoms with Crippen LogP contribution in [0.5, 0.6) is 0 Å². The molecule has 0 atom stereocenters. The molecule has 146 valence electrons. The summed E-state index contributed by atoms with van der Waals surface area (Å²) >= 11 is 0. The maximum absolute atomic E-state index is 12.5. The molecular formula is C20H22N4O4. The molecule has 1 aromatic carbocycles. The number of rotatable bonds is 7. The third-order valence-corrected chi connectivity index (χ3v) is 4.33. The van der Waals surface area contributed by atoms with E-state index in [0.717, 1.165) is 11.1 Å². The maximum atomic E-state index is 12.5. The molecule has 8 nitrogen and oxygen atoms in total. The SMILES string of the molecule is CCCn1c(=O)[nH]c(=O)c2cc(C(=O)NCc3ccc(COC)cc3)cnc21. The number of ether oxygens (including phenoxy) is 1. The molecule has 8 heteroatoms. The predicted molar refractivity (Wildman–Crippen MR) is 105 cm³/mol. The molecule has 0 saturated carbocycles. The molecule has 3 aromatic rings. The standard InChI is InChI=1S/C20H22N4O4/c1-3-8-24-17-16(19(26)23-20(24)27)9-15(11-21-17)18(25)22-10-13-4-6-14(7-5-13)12-28-2/h4-7,9,11H,3,8,10,12H2,1-2H3,(H,22,25)(H,23,26,27). The monoisotopic (exact) mass is 382 g/mol. The Labute approximate surface area is 161 Å². The molecule has 3 rings (SSSR count). The normalized spacial score (nSPS) is 10.9. The first kappa shape index (κ1) is 19.5. The lowest BCUT2D eigenvalue weighted by Gasteiger charge is -2.09. The first-order valence-corrected chi connectivity index (χ1v) is 9.01. The zero-order valence-electron chi connectivity index (χ0n) is 15.8. The highest BCUT2D eigenvalue weighted by molar-refractivity contribution is 5.96. The molecule has 1 amide bonds. The highest BCUT2D eigenvalue weighted by atomic mass is 16.5. The molecule has 0 aliphatic heterocycles. The van der Waals surface area contributed by atoms with Gasteiger partial charge in [0.2, 0.25) is 0 Å². The summed E-state index contributed by atoms with van der Waals surface area (Å²) in [6.07, 6.45) is 2.10. The van der Waals surface area contributed by atoms with Gasteiger partial charge in [0.1, 0.15) is 5.65 Å². The van der Waals surface area contributed by atoms with E-state index in [1.54, 1.807) is 7.11 Å². The van der Waals surface area contributed by atoms with Crippen molar-refractivity contribution in [2.45, 2.75) is 33.0 Å². The number of nitrogens with zero attached hydrogens (tertiary/aromatic N) is 2. The molecule has 2 aromatic heterocycles. The van der Waals surface area contributed by atoms with Crippen LogP contribution in [0.1, 0.15) is 34.8 Å². The van der Waals surface area contributed by atoms with Gasteiger partial charge in [-0.05, 0) is 23.6 Å². The van der Waals surface area contributed by atoms with Gasteiger partial charge in [-0.1, -0.05) is 31.2 Å². The van der Waals surface area contributed by atoms with Crippen molar-refractivity contribution in [3.8, 4) is 0 Å². The quantitative estimate of drug-likeness (QED) is 0.645. The van der Waals surface area contributed by atoms with Crippen molar-refractivity contribution in [1.82, 2.24) is 19.9 Å². The first-order valence-electron chi connectivity index (χ1n) is 9.01. The van der Waals surface area contributed by atoms with Crippen LogP contribution in [-0.4, -0.2) is 27.6 Å². The van der Waals surface area contributed by atoms with Crippen molar-refractivity contribution in [3.05, 3.63) is 74.1 Å². The van der Waals surface area contributed by atoms with Gasteiger partial charge in [0, 0.05) is 26.4 Å². The number of aryl methyl sites for hydroxylation is 1. The summed E-state index contributed by atoms with van der Waals surface area (Å²) in [5, 5.41) is 3.02. The number of benzene rings is 1. The summed E-state index contributed by atoms with van der Waals surface area (Å²) in [7, 11) is 1.64. The minimum Gasteiger partial charge on any atom is -0.380 e. The molecule has 0 aliphatic carbocycles. The number of aromatic amines is 1. The van der Waals surface area contributed by atoms with Gasteiger partial charge in [0.25, 0.3) is 11.5 Å². The van der Waals surface area contributed by atoms with E-state index in [1.165, 1.54) is 16.8 Å². The second-order valence-electron chi connectivity index (χ2n) is 6.44. The van der Waals surface area contributed by atoms with Gasteiger partial charge in [0.05, 0.1) is 17.6 Å². The number of pyridine rings is 1. The Morgan fingerprint density at radius 3 is 2.61 bits per heavy atom. The lowest BCUT2D eigenvalue weighted by Crippen LogP contribution is -2.31. The van der Waals surface area contributed by atoms with Crippen LogP contribution < -0.4 is 16.6 Å². The van der Waals surface area contributed by atoms with Crippen molar-refractivity contribution in [3.63, 3.8) is 0 Å². The molecule has 2 N–H and O–H groups in total. The van der Waals surface area contributed by atoms with E-state index in [-0.39, 0.29) is 22.5 Å². The van der Waals surface area contributed by atoms with E-state index < -0.39 is 11.2 Å². The van der Waals surface area contributed by atoms with Crippen molar-refractivity contribution in [2.24, 2.45) is 0 Å². The number of carbonyl (C=O) groups excluding carboxylic acids is 1. The fraction of sp³-hybridized carbons (Fsp3) is 0.300. The summed E-state index contributed by atoms with van der Waals surface area (Å²) in [6, 6.07) is 9.18. The summed E-state index contributed by atoms with van der Waals surface area (Å²) in [5.41, 5.74) is 1.48. The van der Waals surface area contributed by atoms with Gasteiger partial charge < -0.3 is 10.1 Å². The van der Waals surface area contributed by atoms with Crippen LogP contribution in [0.4, 0.5) is 0 Å². The van der Waals surface area contributed by atoms with Gasteiger partial charge in [0.15, 0.2) is 0 Å². The second-order valence-corrected chi connectivity index (χ2v) is 6.44. The largest absolute Gasteiger partial charge is 0.380 e. The average molecular weight is 382 g/mol. The number of methoxy groups -OCH3 is 1. The molecule has 0 radical (unpaired) electrons. The van der Waals surface area contributed by atoms with E-state index in [9.17, 15) is 14.4 Å². The first-order chi connectivity index (χ1) is 13.5. The van der Waals surface area contributed by atoms with Crippen molar-refractivity contribution < 1.29 is 9.53 Å². The topological polar surface area (TPSA) is 106 Å². The second kappa shape index (κ2) is 8.62. The van der Waals surface area contributed by atoms with Gasteiger partial charge in [-0.25, -0.2) is 9.78 Å². The Bertz CT molecular complexity index is 1100. The molecule has 2 heterocycles. The van der Waals surface area contributed by atoms with E-state index in [4.69, 9.17) is 4.74 Å². The Balaban J connectivity index is 1.80. The van der Waals surface area contributed by atoms with E-state index in [0.29, 0.717) is 26.1 Å². The van der Waals surface area contributed by atoms with E-state index in [1.807, 2.05) is 31.2 Å². The number of hydrogen-bond acceptors (Lipinski definition) is 5. The van der Waals surface area contributed by atoms with Crippen LogP contribution in [0.15, 0.2) is 46.1 Å². The number of nitrogens with one attached hydrogen (secondary N) is 2. The van der Waals surface area contributed by atoms with E-state index in [2.05, 4.69) is 15.3 Å². The number of amides is 1. The Hall–Kier alpha value is -3.26. The average Bonchev–Trinajstić information content (AvgIpc) is 2.70. The van der Waals surface area contributed by atoms with Gasteiger partial charge in [-0.3, -0.25) is 19.1 Å². The number of aromatic nitrogens is 3. The van der Waals surface area contributed by atoms with Crippen LogP contribution >= 0.6 is 0 Å². The summed E-state index contributed by atoms with van der Waals surface area (Å²) in [5.74, 6) is -0.344. The Morgan fingerprint density at radius 1 is 1.21 bits per heavy atom. The highest BCUT2D eigenvalue weighted by Crippen LogP contribution is 2.09. The molecule has 0 fully saturated rings. The highest BCUT2D eigenvalue weighted by Gasteiger charge is 2.13. The third kappa shape index (κ3) is 4.17. The van der Waals surface area contributed by atoms with Crippen molar-refractivity contribution in [2.75, 3.05) is 7.11 Å². The Morgan fingerprint density at radius 2 is 1.93 bits per heavy atom. The summed E-state index contributed by atoms with van der Waals surface area (Å²) in [4.78, 5) is 43.1. The predicted octanol–water partition coefficient (Wildman–Crippen LogP) is 1.57. The summed E-state index contributed by atoms with van der Waals surface area (Å²) < 4.78 is 6.48. The minimum atomic E-state index is -0.553. The fourth-order valence-electron chi connectivity index (χ4n) is 2.93. The molecule has 0 unspecified atom stereocenters. The van der Waals surface area contributed by atoms with Crippen molar-refractivity contribution >= 4 is 16.9 Å². The maximum Gasteiger partial charge on any atom is 0.329 e. The fourth-order valence-corrected chi connectivity index (χ4v) is 2.93. The molecule has 0 bridgehead atoms. The van der Waals surface area contributed by atoms with Gasteiger partial charge in [-0.15, -0.1) is 0 Å². The van der Waals surface area contributed by atoms with Crippen LogP contribution in [0.3, 0.4) is 0 Å². The van der Waals surface area contributed by atoms with E-state index >= 15 is 0 Å². The zero-order valence-corrected chi connectivity index (χ0v) is 15.8. The molecule has 0 aliphatic rings. The lowest BCUT2D eigenvalue weighted by atomic mass is 10.1. The number of carbonyl (C=O) groups is 1. The Kier molecular flexibility index (Phi) is 6.00. The summed E-state index contributed by atoms with van der Waals surface area (Å²) in [6.45, 7) is 3.24. The van der Waals surface area contributed by atoms with Crippen LogP contribution in [0.2, 0.25) is 0 Å². The minimum absolute atomic E-state index is 0.213. The lowest BCUT2D eigenvalue weighted by molar-refractivity contribution is 0.0950. The van der Waals surface area contributed by atoms with Crippen LogP contribution in [0, 0.1) is 0 Å². The molecule has 28 heavy (non-hydrogen) atoms. The number of fused-ring (bicyclic) bond motifs is 1. The number of hydrogen-bond donors (Lipinski definition) is 2. The van der Waals surface area contributed by atoms with Crippen molar-refractivity contribution in [1.29, 1.82) is 0 Å². The zero-order chi connectivity index (χ0) is 20.1.